The summed E-state index contributed by atoms with van der Waals surface area (Å²) in [7, 11) is 1.67. The fourth-order valence-corrected chi connectivity index (χ4v) is 3.85. The van der Waals surface area contributed by atoms with Crippen LogP contribution in [0.1, 0.15) is 29.1 Å². The topological polar surface area (TPSA) is 83.1 Å². The second-order valence-corrected chi connectivity index (χ2v) is 7.63. The van der Waals surface area contributed by atoms with Gasteiger partial charge in [-0.05, 0) is 18.1 Å². The normalized spacial score (nSPS) is 12.1. The van der Waals surface area contributed by atoms with Crippen LogP contribution in [0.25, 0.3) is 0 Å². The summed E-state index contributed by atoms with van der Waals surface area (Å²) in [5.41, 5.74) is 2.14. The third-order valence-corrected chi connectivity index (χ3v) is 5.49. The molecule has 0 N–H and O–H groups in total. The average Bonchev–Trinajstić information content (AvgIpc) is 3.08. The minimum absolute atomic E-state index is 0.00466. The Labute approximate surface area is 167 Å². The van der Waals surface area contributed by atoms with Crippen molar-refractivity contribution >= 4 is 17.4 Å². The molecule has 0 radical (unpaired) electrons. The lowest BCUT2D eigenvalue weighted by Gasteiger charge is -2.13. The Bertz CT molecular complexity index is 930. The highest BCUT2D eigenvalue weighted by atomic mass is 32.2. The summed E-state index contributed by atoms with van der Waals surface area (Å²) in [4.78, 5) is 10.7. The highest BCUT2D eigenvalue weighted by Crippen LogP contribution is 2.35. The molecule has 0 aliphatic carbocycles. The molecule has 7 nitrogen and oxygen atoms in total. The van der Waals surface area contributed by atoms with Gasteiger partial charge in [-0.25, -0.2) is 0 Å². The zero-order valence-corrected chi connectivity index (χ0v) is 16.6. The zero-order chi connectivity index (χ0) is 19.9. The van der Waals surface area contributed by atoms with Gasteiger partial charge in [-0.3, -0.25) is 10.1 Å². The van der Waals surface area contributed by atoms with Crippen molar-refractivity contribution < 1.29 is 9.66 Å². The first-order chi connectivity index (χ1) is 13.6. The molecule has 1 heterocycles. The first kappa shape index (κ1) is 20.0. The Morgan fingerprint density at radius 1 is 1.18 bits per heavy atom. The van der Waals surface area contributed by atoms with E-state index in [1.165, 1.54) is 17.8 Å². The van der Waals surface area contributed by atoms with Crippen molar-refractivity contribution in [3.8, 4) is 0 Å². The van der Waals surface area contributed by atoms with Crippen LogP contribution in [-0.4, -0.2) is 33.4 Å². The molecule has 146 valence electrons. The molecule has 0 saturated heterocycles. The Morgan fingerprint density at radius 2 is 1.96 bits per heavy atom. The van der Waals surface area contributed by atoms with Crippen LogP contribution in [0.5, 0.6) is 0 Å². The van der Waals surface area contributed by atoms with Gasteiger partial charge in [-0.2, -0.15) is 0 Å². The molecule has 1 aromatic heterocycles. The van der Waals surface area contributed by atoms with Crippen molar-refractivity contribution in [2.45, 2.75) is 30.3 Å². The molecule has 3 rings (SSSR count). The second kappa shape index (κ2) is 9.48. The quantitative estimate of drug-likeness (QED) is 0.304. The van der Waals surface area contributed by atoms with Crippen LogP contribution in [0, 0.1) is 10.1 Å². The smallest absolute Gasteiger partial charge is 0.269 e. The second-order valence-electron chi connectivity index (χ2n) is 6.32. The number of nitro groups is 1. The van der Waals surface area contributed by atoms with E-state index in [4.69, 9.17) is 4.74 Å². The fourth-order valence-electron chi connectivity index (χ4n) is 2.84. The van der Waals surface area contributed by atoms with Crippen molar-refractivity contribution in [1.82, 2.24) is 14.8 Å². The van der Waals surface area contributed by atoms with E-state index in [9.17, 15) is 10.1 Å². The monoisotopic (exact) mass is 398 g/mol. The number of hydrogen-bond donors (Lipinski definition) is 0. The van der Waals surface area contributed by atoms with E-state index in [2.05, 4.69) is 26.9 Å². The first-order valence-corrected chi connectivity index (χ1v) is 9.82. The van der Waals surface area contributed by atoms with E-state index in [1.807, 2.05) is 31.2 Å². The number of ether oxygens (including phenoxy) is 1. The molecule has 0 spiro atoms. The van der Waals surface area contributed by atoms with Crippen LogP contribution < -0.4 is 0 Å². The minimum Gasteiger partial charge on any atom is -0.383 e. The number of nitrogens with zero attached hydrogens (tertiary/aromatic N) is 4. The van der Waals surface area contributed by atoms with Gasteiger partial charge in [-0.15, -0.1) is 10.2 Å². The highest BCUT2D eigenvalue weighted by molar-refractivity contribution is 7.99. The van der Waals surface area contributed by atoms with E-state index in [-0.39, 0.29) is 15.9 Å². The van der Waals surface area contributed by atoms with Crippen LogP contribution in [-0.2, 0) is 17.7 Å². The van der Waals surface area contributed by atoms with Gasteiger partial charge in [0.2, 0.25) is 0 Å². The van der Waals surface area contributed by atoms with Gasteiger partial charge in [0.1, 0.15) is 5.82 Å². The van der Waals surface area contributed by atoms with Gasteiger partial charge in [0.15, 0.2) is 5.16 Å². The summed E-state index contributed by atoms with van der Waals surface area (Å²) in [6.07, 6.45) is 0.684. The average molecular weight is 398 g/mol. The van der Waals surface area contributed by atoms with E-state index in [0.29, 0.717) is 19.6 Å². The number of methoxy groups -OCH3 is 1. The molecule has 0 aliphatic heterocycles. The summed E-state index contributed by atoms with van der Waals surface area (Å²) >= 11 is 1.54. The number of hydrogen-bond acceptors (Lipinski definition) is 6. The maximum Gasteiger partial charge on any atom is 0.269 e. The molecule has 0 amide bonds. The molecule has 0 saturated carbocycles. The van der Waals surface area contributed by atoms with Crippen LogP contribution in [0.2, 0.25) is 0 Å². The number of non-ortho nitro benzene ring substituents is 1. The summed E-state index contributed by atoms with van der Waals surface area (Å²) in [5, 5.41) is 20.6. The maximum absolute atomic E-state index is 11.0. The molecule has 2 aromatic carbocycles. The van der Waals surface area contributed by atoms with Crippen LogP contribution in [0.15, 0.2) is 59.8 Å². The van der Waals surface area contributed by atoms with Gasteiger partial charge in [-0.1, -0.05) is 54.2 Å². The van der Waals surface area contributed by atoms with E-state index in [0.717, 1.165) is 22.1 Å². The Balaban J connectivity index is 1.82. The van der Waals surface area contributed by atoms with Crippen molar-refractivity contribution in [3.63, 3.8) is 0 Å². The molecule has 28 heavy (non-hydrogen) atoms. The number of thioether (sulfide) groups is 1. The van der Waals surface area contributed by atoms with Crippen molar-refractivity contribution in [2.75, 3.05) is 13.7 Å². The summed E-state index contributed by atoms with van der Waals surface area (Å²) in [6, 6.07) is 16.8. The van der Waals surface area contributed by atoms with Crippen LogP contribution in [0.4, 0.5) is 5.69 Å². The molecule has 0 fully saturated rings. The predicted octanol–water partition coefficient (Wildman–Crippen LogP) is 4.28. The Morgan fingerprint density at radius 3 is 2.68 bits per heavy atom. The minimum atomic E-state index is -0.375. The van der Waals surface area contributed by atoms with E-state index in [1.54, 1.807) is 19.2 Å². The lowest BCUT2D eigenvalue weighted by molar-refractivity contribution is -0.384. The van der Waals surface area contributed by atoms with Gasteiger partial charge < -0.3 is 9.30 Å². The lowest BCUT2D eigenvalue weighted by Crippen LogP contribution is -2.10. The summed E-state index contributed by atoms with van der Waals surface area (Å²) in [6.45, 7) is 3.21. The molecular formula is C20H22N4O3S. The highest BCUT2D eigenvalue weighted by Gasteiger charge is 2.18. The number of rotatable bonds is 9. The number of aromatic nitrogens is 3. The van der Waals surface area contributed by atoms with Gasteiger partial charge in [0, 0.05) is 37.5 Å². The zero-order valence-electron chi connectivity index (χ0n) is 15.8. The molecule has 1 atom stereocenters. The molecule has 0 aliphatic rings. The van der Waals surface area contributed by atoms with Crippen LogP contribution in [0.3, 0.4) is 0 Å². The van der Waals surface area contributed by atoms with Gasteiger partial charge in [0.05, 0.1) is 11.5 Å². The Kier molecular flexibility index (Phi) is 6.78. The number of nitro benzene ring substituents is 1. The third-order valence-electron chi connectivity index (χ3n) is 4.35. The lowest BCUT2D eigenvalue weighted by atomic mass is 10.1. The van der Waals surface area contributed by atoms with E-state index >= 15 is 0 Å². The maximum atomic E-state index is 11.0. The third kappa shape index (κ3) is 4.96. The van der Waals surface area contributed by atoms with Crippen LogP contribution >= 0.6 is 11.8 Å². The fraction of sp³-hybridized carbons (Fsp3) is 0.300. The Hall–Kier alpha value is -2.71. The summed E-state index contributed by atoms with van der Waals surface area (Å²) < 4.78 is 7.31. The molecule has 8 heteroatoms. The van der Waals surface area contributed by atoms with E-state index < -0.39 is 0 Å². The van der Waals surface area contributed by atoms with Crippen molar-refractivity contribution in [2.24, 2.45) is 0 Å². The first-order valence-electron chi connectivity index (χ1n) is 8.94. The molecule has 1 unspecified atom stereocenters. The van der Waals surface area contributed by atoms with Gasteiger partial charge in [0.25, 0.3) is 5.69 Å². The SMILES string of the molecule is COCCn1c(Cc2ccccc2)nnc1SC(C)c1cccc([N+](=O)[O-])c1. The largest absolute Gasteiger partial charge is 0.383 e. The molecular weight excluding hydrogens is 376 g/mol. The number of benzene rings is 2. The predicted molar refractivity (Wildman–Crippen MR) is 109 cm³/mol. The summed E-state index contributed by atoms with van der Waals surface area (Å²) in [5.74, 6) is 0.872. The molecule has 0 bridgehead atoms. The standard InChI is InChI=1S/C20H22N4O3S/c1-15(17-9-6-10-18(14-17)24(25)26)28-20-22-21-19(23(20)11-12-27-2)13-16-7-4-3-5-8-16/h3-10,14-15H,11-13H2,1-2H3. The van der Waals surface area contributed by atoms with Crippen molar-refractivity contribution in [3.05, 3.63) is 81.7 Å². The van der Waals surface area contributed by atoms with Gasteiger partial charge >= 0.3 is 0 Å². The molecule has 3 aromatic rings. The van der Waals surface area contributed by atoms with Crippen molar-refractivity contribution in [1.29, 1.82) is 0 Å².